The van der Waals surface area contributed by atoms with Crippen LogP contribution < -0.4 is 10.6 Å². The monoisotopic (exact) mass is 172 g/mol. The van der Waals surface area contributed by atoms with E-state index in [1.807, 2.05) is 7.05 Å². The fourth-order valence-electron chi connectivity index (χ4n) is 1.26. The highest BCUT2D eigenvalue weighted by Crippen LogP contribution is 2.28. The molecule has 0 spiro atoms. The van der Waals surface area contributed by atoms with Gasteiger partial charge in [-0.2, -0.15) is 0 Å². The van der Waals surface area contributed by atoms with E-state index in [1.54, 1.807) is 0 Å². The molecule has 0 amide bonds. The van der Waals surface area contributed by atoms with Crippen molar-refractivity contribution < 1.29 is 0 Å². The number of thiocarbonyl (C=S) groups is 1. The van der Waals surface area contributed by atoms with Crippen LogP contribution in [-0.2, 0) is 0 Å². The predicted molar refractivity (Wildman–Crippen MR) is 51.6 cm³/mol. The Labute approximate surface area is 73.7 Å². The summed E-state index contributed by atoms with van der Waals surface area (Å²) in [4.78, 5) is 0. The van der Waals surface area contributed by atoms with Gasteiger partial charge in [-0.15, -0.1) is 0 Å². The molecule has 0 aromatic heterocycles. The maximum Gasteiger partial charge on any atom is 0.166 e. The zero-order chi connectivity index (χ0) is 8.10. The largest absolute Gasteiger partial charge is 0.366 e. The van der Waals surface area contributed by atoms with Crippen molar-refractivity contribution in [1.82, 2.24) is 10.6 Å². The SMILES string of the molecule is CNC(=S)NCCC1CCC1. The van der Waals surface area contributed by atoms with Crippen LogP contribution in [0, 0.1) is 5.92 Å². The molecule has 11 heavy (non-hydrogen) atoms. The lowest BCUT2D eigenvalue weighted by Crippen LogP contribution is -2.34. The highest BCUT2D eigenvalue weighted by atomic mass is 32.1. The van der Waals surface area contributed by atoms with Crippen molar-refractivity contribution in [2.75, 3.05) is 13.6 Å². The Morgan fingerprint density at radius 1 is 1.55 bits per heavy atom. The minimum absolute atomic E-state index is 0.768. The molecule has 1 fully saturated rings. The summed E-state index contributed by atoms with van der Waals surface area (Å²) in [5.74, 6) is 0.974. The van der Waals surface area contributed by atoms with E-state index in [9.17, 15) is 0 Å². The fraction of sp³-hybridized carbons (Fsp3) is 0.875. The Morgan fingerprint density at radius 3 is 2.73 bits per heavy atom. The van der Waals surface area contributed by atoms with Gasteiger partial charge in [0, 0.05) is 13.6 Å². The van der Waals surface area contributed by atoms with Crippen LogP contribution in [0.4, 0.5) is 0 Å². The van der Waals surface area contributed by atoms with Crippen LogP contribution in [0.15, 0.2) is 0 Å². The number of hydrogen-bond acceptors (Lipinski definition) is 1. The van der Waals surface area contributed by atoms with Crippen LogP contribution in [0.25, 0.3) is 0 Å². The van der Waals surface area contributed by atoms with E-state index >= 15 is 0 Å². The fourth-order valence-corrected chi connectivity index (χ4v) is 1.36. The molecular formula is C8H16N2S. The van der Waals surface area contributed by atoms with E-state index < -0.39 is 0 Å². The van der Waals surface area contributed by atoms with Crippen molar-refractivity contribution in [2.45, 2.75) is 25.7 Å². The summed E-state index contributed by atoms with van der Waals surface area (Å²) in [7, 11) is 1.85. The maximum absolute atomic E-state index is 4.94. The molecule has 64 valence electrons. The van der Waals surface area contributed by atoms with E-state index in [1.165, 1.54) is 25.7 Å². The smallest absolute Gasteiger partial charge is 0.166 e. The van der Waals surface area contributed by atoms with Gasteiger partial charge >= 0.3 is 0 Å². The zero-order valence-corrected chi connectivity index (χ0v) is 7.84. The highest BCUT2D eigenvalue weighted by molar-refractivity contribution is 7.80. The Kier molecular flexibility index (Phi) is 3.63. The molecule has 0 aromatic carbocycles. The first-order valence-corrected chi connectivity index (χ1v) is 4.69. The first-order chi connectivity index (χ1) is 5.33. The third-order valence-electron chi connectivity index (χ3n) is 2.29. The van der Waals surface area contributed by atoms with Gasteiger partial charge in [-0.1, -0.05) is 19.3 Å². The van der Waals surface area contributed by atoms with Gasteiger partial charge in [0.2, 0.25) is 0 Å². The summed E-state index contributed by atoms with van der Waals surface area (Å²) in [6, 6.07) is 0. The Bertz CT molecular complexity index is 132. The minimum atomic E-state index is 0.768. The van der Waals surface area contributed by atoms with Gasteiger partial charge in [0.1, 0.15) is 0 Å². The molecule has 1 saturated carbocycles. The van der Waals surface area contributed by atoms with E-state index in [2.05, 4.69) is 10.6 Å². The average molecular weight is 172 g/mol. The van der Waals surface area contributed by atoms with Gasteiger partial charge in [0.25, 0.3) is 0 Å². The molecule has 0 bridgehead atoms. The summed E-state index contributed by atoms with van der Waals surface area (Å²) in [5.41, 5.74) is 0. The molecule has 0 atom stereocenters. The van der Waals surface area contributed by atoms with Gasteiger partial charge in [0.15, 0.2) is 5.11 Å². The van der Waals surface area contributed by atoms with E-state index in [-0.39, 0.29) is 0 Å². The van der Waals surface area contributed by atoms with Crippen LogP contribution in [0.1, 0.15) is 25.7 Å². The van der Waals surface area contributed by atoms with Gasteiger partial charge < -0.3 is 10.6 Å². The van der Waals surface area contributed by atoms with Gasteiger partial charge in [-0.3, -0.25) is 0 Å². The van der Waals surface area contributed by atoms with Crippen molar-refractivity contribution in [3.05, 3.63) is 0 Å². The molecule has 0 heterocycles. The number of hydrogen-bond donors (Lipinski definition) is 2. The topological polar surface area (TPSA) is 24.1 Å². The van der Waals surface area contributed by atoms with Crippen LogP contribution in [0.5, 0.6) is 0 Å². The van der Waals surface area contributed by atoms with Crippen molar-refractivity contribution >= 4 is 17.3 Å². The molecular weight excluding hydrogens is 156 g/mol. The van der Waals surface area contributed by atoms with Crippen LogP contribution >= 0.6 is 12.2 Å². The summed E-state index contributed by atoms with van der Waals surface area (Å²) >= 11 is 4.94. The van der Waals surface area contributed by atoms with Crippen molar-refractivity contribution in [3.63, 3.8) is 0 Å². The molecule has 0 aliphatic heterocycles. The van der Waals surface area contributed by atoms with E-state index in [0.29, 0.717) is 0 Å². The molecule has 1 rings (SSSR count). The molecule has 0 radical (unpaired) electrons. The molecule has 0 unspecified atom stereocenters. The molecule has 0 saturated heterocycles. The van der Waals surface area contributed by atoms with E-state index in [4.69, 9.17) is 12.2 Å². The normalized spacial score (nSPS) is 17.2. The second kappa shape index (κ2) is 4.54. The van der Waals surface area contributed by atoms with Crippen molar-refractivity contribution in [2.24, 2.45) is 5.92 Å². The molecule has 1 aliphatic carbocycles. The van der Waals surface area contributed by atoms with E-state index in [0.717, 1.165) is 17.6 Å². The van der Waals surface area contributed by atoms with Crippen molar-refractivity contribution in [1.29, 1.82) is 0 Å². The number of nitrogens with one attached hydrogen (secondary N) is 2. The van der Waals surface area contributed by atoms with Crippen LogP contribution in [0.2, 0.25) is 0 Å². The third kappa shape index (κ3) is 3.06. The Balaban J connectivity index is 1.90. The summed E-state index contributed by atoms with van der Waals surface area (Å²) in [5, 5.41) is 6.81. The highest BCUT2D eigenvalue weighted by Gasteiger charge is 2.16. The Hall–Kier alpha value is -0.310. The lowest BCUT2D eigenvalue weighted by molar-refractivity contribution is 0.297. The molecule has 1 aliphatic rings. The molecule has 0 aromatic rings. The predicted octanol–water partition coefficient (Wildman–Crippen LogP) is 1.27. The quantitative estimate of drug-likeness (QED) is 0.627. The zero-order valence-electron chi connectivity index (χ0n) is 7.02. The number of rotatable bonds is 3. The van der Waals surface area contributed by atoms with Crippen molar-refractivity contribution in [3.8, 4) is 0 Å². The molecule has 2 nitrogen and oxygen atoms in total. The third-order valence-corrected chi connectivity index (χ3v) is 2.64. The maximum atomic E-state index is 4.94. The second-order valence-corrected chi connectivity index (χ2v) is 3.50. The summed E-state index contributed by atoms with van der Waals surface area (Å²) in [6.07, 6.45) is 5.56. The van der Waals surface area contributed by atoms with Gasteiger partial charge in [0.05, 0.1) is 0 Å². The standard InChI is InChI=1S/C8H16N2S/c1-9-8(11)10-6-5-7-3-2-4-7/h7H,2-6H2,1H3,(H2,9,10,11). The Morgan fingerprint density at radius 2 is 2.27 bits per heavy atom. The molecule has 2 N–H and O–H groups in total. The average Bonchev–Trinajstić information content (AvgIpc) is 1.94. The van der Waals surface area contributed by atoms with Gasteiger partial charge in [-0.25, -0.2) is 0 Å². The minimum Gasteiger partial charge on any atom is -0.366 e. The first kappa shape index (κ1) is 8.78. The summed E-state index contributed by atoms with van der Waals surface area (Å²) in [6.45, 7) is 1.03. The van der Waals surface area contributed by atoms with Crippen LogP contribution in [0.3, 0.4) is 0 Å². The lowest BCUT2D eigenvalue weighted by Gasteiger charge is -2.25. The van der Waals surface area contributed by atoms with Gasteiger partial charge in [-0.05, 0) is 24.6 Å². The lowest BCUT2D eigenvalue weighted by atomic mass is 9.83. The first-order valence-electron chi connectivity index (χ1n) is 4.28. The summed E-state index contributed by atoms with van der Waals surface area (Å²) < 4.78 is 0. The van der Waals surface area contributed by atoms with Crippen LogP contribution in [-0.4, -0.2) is 18.7 Å². The molecule has 3 heteroatoms. The second-order valence-electron chi connectivity index (χ2n) is 3.09.